The van der Waals surface area contributed by atoms with E-state index in [0.29, 0.717) is 17.6 Å². The molecular weight excluding hydrogens is 326 g/mol. The van der Waals surface area contributed by atoms with E-state index in [1.54, 1.807) is 18.7 Å². The van der Waals surface area contributed by atoms with Gasteiger partial charge >= 0.3 is 0 Å². The molecule has 0 unspecified atom stereocenters. The highest BCUT2D eigenvalue weighted by atomic mass is 16.3. The van der Waals surface area contributed by atoms with Gasteiger partial charge in [-0.2, -0.15) is 4.98 Å². The number of nitrogens with one attached hydrogen (secondary N) is 2. The number of benzene rings is 1. The van der Waals surface area contributed by atoms with E-state index in [2.05, 4.69) is 37.7 Å². The smallest absolute Gasteiger partial charge is 0.229 e. The molecule has 0 atom stereocenters. The van der Waals surface area contributed by atoms with Gasteiger partial charge in [-0.05, 0) is 48.2 Å². The summed E-state index contributed by atoms with van der Waals surface area (Å²) in [7, 11) is 0. The van der Waals surface area contributed by atoms with Crippen LogP contribution < -0.4 is 10.6 Å². The predicted octanol–water partition coefficient (Wildman–Crippen LogP) is 4.60. The quantitative estimate of drug-likeness (QED) is 0.551. The Kier molecular flexibility index (Phi) is 3.52. The first-order chi connectivity index (χ1) is 12.8. The normalized spacial score (nSPS) is 13.7. The van der Waals surface area contributed by atoms with E-state index in [4.69, 9.17) is 4.42 Å². The van der Waals surface area contributed by atoms with Crippen molar-refractivity contribution in [1.82, 2.24) is 15.0 Å². The fourth-order valence-electron chi connectivity index (χ4n) is 2.86. The van der Waals surface area contributed by atoms with E-state index in [9.17, 15) is 0 Å². The van der Waals surface area contributed by atoms with Crippen LogP contribution in [0.5, 0.6) is 0 Å². The molecule has 128 valence electrons. The molecule has 6 heteroatoms. The Morgan fingerprint density at radius 2 is 1.65 bits per heavy atom. The van der Waals surface area contributed by atoms with Crippen LogP contribution in [0.3, 0.4) is 0 Å². The van der Waals surface area contributed by atoms with E-state index in [1.165, 1.54) is 12.8 Å². The second-order valence-corrected chi connectivity index (χ2v) is 6.39. The van der Waals surface area contributed by atoms with E-state index >= 15 is 0 Å². The molecule has 1 aliphatic rings. The summed E-state index contributed by atoms with van der Waals surface area (Å²) < 4.78 is 5.53. The van der Waals surface area contributed by atoms with Gasteiger partial charge in [0, 0.05) is 30.2 Å². The van der Waals surface area contributed by atoms with E-state index in [1.807, 2.05) is 30.3 Å². The molecule has 2 N–H and O–H groups in total. The van der Waals surface area contributed by atoms with Crippen LogP contribution in [0.2, 0.25) is 0 Å². The Morgan fingerprint density at radius 3 is 2.42 bits per heavy atom. The Hall–Kier alpha value is -3.41. The number of hydrogen-bond donors (Lipinski definition) is 2. The lowest BCUT2D eigenvalue weighted by atomic mass is 10.1. The lowest BCUT2D eigenvalue weighted by Crippen LogP contribution is -2.06. The molecule has 0 aliphatic heterocycles. The van der Waals surface area contributed by atoms with Gasteiger partial charge in [0.1, 0.15) is 5.52 Å². The van der Waals surface area contributed by atoms with Crippen molar-refractivity contribution in [3.63, 3.8) is 0 Å². The van der Waals surface area contributed by atoms with Gasteiger partial charge < -0.3 is 15.1 Å². The van der Waals surface area contributed by atoms with Crippen molar-refractivity contribution < 1.29 is 4.42 Å². The number of rotatable bonds is 5. The average Bonchev–Trinajstić information content (AvgIpc) is 3.37. The first-order valence-corrected chi connectivity index (χ1v) is 8.64. The molecule has 1 aromatic carbocycles. The number of anilines is 3. The minimum atomic E-state index is 0.491. The second-order valence-electron chi connectivity index (χ2n) is 6.39. The van der Waals surface area contributed by atoms with Gasteiger partial charge in [0.15, 0.2) is 11.4 Å². The Balaban J connectivity index is 1.42. The topological polar surface area (TPSA) is 75.9 Å². The van der Waals surface area contributed by atoms with E-state index in [0.717, 1.165) is 28.1 Å². The van der Waals surface area contributed by atoms with Crippen LogP contribution in [0.15, 0.2) is 65.5 Å². The highest BCUT2D eigenvalue weighted by Gasteiger charge is 2.23. The van der Waals surface area contributed by atoms with Crippen molar-refractivity contribution in [2.75, 3.05) is 10.6 Å². The van der Waals surface area contributed by atoms with Crippen molar-refractivity contribution >= 4 is 28.6 Å². The summed E-state index contributed by atoms with van der Waals surface area (Å²) in [4.78, 5) is 13.2. The first kappa shape index (κ1) is 14.9. The molecular formula is C20H17N5O. The van der Waals surface area contributed by atoms with Gasteiger partial charge in [-0.15, -0.1) is 0 Å². The third-order valence-corrected chi connectivity index (χ3v) is 4.38. The summed E-state index contributed by atoms with van der Waals surface area (Å²) in [5.74, 6) is 1.30. The monoisotopic (exact) mass is 343 g/mol. The maximum absolute atomic E-state index is 5.53. The summed E-state index contributed by atoms with van der Waals surface area (Å²) in [5, 5.41) is 6.69. The summed E-state index contributed by atoms with van der Waals surface area (Å²) >= 11 is 0. The largest absolute Gasteiger partial charge is 0.459 e. The van der Waals surface area contributed by atoms with Crippen molar-refractivity contribution in [2.45, 2.75) is 18.9 Å². The highest BCUT2D eigenvalue weighted by molar-refractivity contribution is 5.85. The zero-order valence-corrected chi connectivity index (χ0v) is 14.0. The fourth-order valence-corrected chi connectivity index (χ4v) is 2.86. The minimum Gasteiger partial charge on any atom is -0.459 e. The number of nitrogens with zero attached hydrogens (tertiary/aromatic N) is 3. The maximum Gasteiger partial charge on any atom is 0.229 e. The zero-order chi connectivity index (χ0) is 17.3. The van der Waals surface area contributed by atoms with E-state index in [-0.39, 0.29) is 0 Å². The molecule has 0 spiro atoms. The first-order valence-electron chi connectivity index (χ1n) is 8.64. The zero-order valence-electron chi connectivity index (χ0n) is 14.0. The van der Waals surface area contributed by atoms with Crippen LogP contribution in [0.1, 0.15) is 12.8 Å². The lowest BCUT2D eigenvalue weighted by molar-refractivity contribution is 0.614. The third-order valence-electron chi connectivity index (χ3n) is 4.38. The molecule has 1 aliphatic carbocycles. The Bertz CT molecular complexity index is 1040. The van der Waals surface area contributed by atoms with Gasteiger partial charge in [0.25, 0.3) is 0 Å². The predicted molar refractivity (Wildman–Crippen MR) is 101 cm³/mol. The molecule has 0 radical (unpaired) electrons. The van der Waals surface area contributed by atoms with Crippen LogP contribution in [-0.2, 0) is 0 Å². The van der Waals surface area contributed by atoms with Gasteiger partial charge in [-0.3, -0.25) is 4.98 Å². The van der Waals surface area contributed by atoms with Crippen LogP contribution in [0.25, 0.3) is 22.2 Å². The Labute approximate surface area is 150 Å². The molecule has 4 aromatic rings. The molecule has 3 heterocycles. The SMILES string of the molecule is c1cc(-c2ccc(Nc3nc(NC4CC4)c4occc4n3)cc2)ccn1. The van der Waals surface area contributed by atoms with Gasteiger partial charge in [-0.25, -0.2) is 4.98 Å². The molecule has 0 saturated heterocycles. The average molecular weight is 343 g/mol. The number of aromatic nitrogens is 3. The number of pyridine rings is 1. The second kappa shape index (κ2) is 6.15. The molecule has 6 nitrogen and oxygen atoms in total. The number of furan rings is 1. The third kappa shape index (κ3) is 2.97. The molecule has 0 bridgehead atoms. The Morgan fingerprint density at radius 1 is 0.885 bits per heavy atom. The molecule has 0 amide bonds. The highest BCUT2D eigenvalue weighted by Crippen LogP contribution is 2.30. The maximum atomic E-state index is 5.53. The molecule has 5 rings (SSSR count). The van der Waals surface area contributed by atoms with Crippen molar-refractivity contribution in [2.24, 2.45) is 0 Å². The molecule has 1 fully saturated rings. The number of fused-ring (bicyclic) bond motifs is 1. The minimum absolute atomic E-state index is 0.491. The van der Waals surface area contributed by atoms with E-state index < -0.39 is 0 Å². The van der Waals surface area contributed by atoms with Gasteiger partial charge in [-0.1, -0.05) is 12.1 Å². The molecule has 3 aromatic heterocycles. The van der Waals surface area contributed by atoms with Crippen LogP contribution in [0.4, 0.5) is 17.5 Å². The van der Waals surface area contributed by atoms with Crippen molar-refractivity contribution in [3.05, 3.63) is 61.1 Å². The van der Waals surface area contributed by atoms with Crippen LogP contribution >= 0.6 is 0 Å². The summed E-state index contributed by atoms with van der Waals surface area (Å²) in [5.41, 5.74) is 4.70. The van der Waals surface area contributed by atoms with Crippen LogP contribution in [-0.4, -0.2) is 21.0 Å². The standard InChI is InChI=1S/C20H17N5O/c1-3-16(4-2-13(1)14-7-10-21-11-8-14)23-20-24-17-9-12-26-18(17)19(25-20)22-15-5-6-15/h1-4,7-12,15H,5-6H2,(H2,22,23,24,25). The summed E-state index contributed by atoms with van der Waals surface area (Å²) in [6, 6.07) is 14.5. The number of hydrogen-bond acceptors (Lipinski definition) is 6. The van der Waals surface area contributed by atoms with Gasteiger partial charge in [0.2, 0.25) is 5.95 Å². The fraction of sp³-hybridized carbons (Fsp3) is 0.150. The van der Waals surface area contributed by atoms with Crippen molar-refractivity contribution in [3.8, 4) is 11.1 Å². The molecule has 1 saturated carbocycles. The summed E-state index contributed by atoms with van der Waals surface area (Å²) in [6.45, 7) is 0. The molecule has 26 heavy (non-hydrogen) atoms. The van der Waals surface area contributed by atoms with Gasteiger partial charge in [0.05, 0.1) is 6.26 Å². The van der Waals surface area contributed by atoms with Crippen LogP contribution in [0, 0.1) is 0 Å². The summed E-state index contributed by atoms with van der Waals surface area (Å²) in [6.07, 6.45) is 7.58. The lowest BCUT2D eigenvalue weighted by Gasteiger charge is -2.09. The van der Waals surface area contributed by atoms with Crippen molar-refractivity contribution in [1.29, 1.82) is 0 Å².